The van der Waals surface area contributed by atoms with E-state index in [0.717, 1.165) is 19.3 Å². The third kappa shape index (κ3) is 41.3. The molecular weight excluding hydrogens is 1030 g/mol. The lowest BCUT2D eigenvalue weighted by atomic mass is 9.86. The summed E-state index contributed by atoms with van der Waals surface area (Å²) in [6.45, 7) is 44.2. The molecule has 0 saturated carbocycles. The average molecular weight is 1160 g/mol. The molecule has 0 aromatic heterocycles. The van der Waals surface area contributed by atoms with E-state index in [9.17, 15) is 0 Å². The van der Waals surface area contributed by atoms with Crippen LogP contribution in [0, 0.1) is 0 Å². The van der Waals surface area contributed by atoms with E-state index in [2.05, 4.69) is 269 Å². The first kappa shape index (κ1) is 87.0. The van der Waals surface area contributed by atoms with Crippen molar-refractivity contribution in [3.63, 3.8) is 0 Å². The van der Waals surface area contributed by atoms with Crippen LogP contribution in [0.1, 0.15) is 192 Å². The van der Waals surface area contributed by atoms with Crippen LogP contribution in [0.15, 0.2) is 291 Å². The monoisotopic (exact) mass is 1150 g/mol. The summed E-state index contributed by atoms with van der Waals surface area (Å²) >= 11 is 0. The van der Waals surface area contributed by atoms with Crippen LogP contribution >= 0.6 is 0 Å². The number of hydrogen-bond acceptors (Lipinski definition) is 0. The number of rotatable bonds is 2. The van der Waals surface area contributed by atoms with Crippen molar-refractivity contribution in [3.05, 3.63) is 325 Å². The second-order valence-electron chi connectivity index (χ2n) is 15.9. The van der Waals surface area contributed by atoms with Gasteiger partial charge >= 0.3 is 0 Å². The predicted molar refractivity (Wildman–Crippen MR) is 402 cm³/mol. The Bertz CT molecular complexity index is 2470. The fraction of sp³-hybridized carbons (Fsp3) is 0.302. The van der Waals surface area contributed by atoms with E-state index < -0.39 is 0 Å². The largest absolute Gasteiger partial charge is 0.0683 e. The summed E-state index contributed by atoms with van der Waals surface area (Å²) in [6, 6.07) is 101. The van der Waals surface area contributed by atoms with Gasteiger partial charge in [0.2, 0.25) is 0 Å². The number of hydrogen-bond donors (Lipinski definition) is 0. The topological polar surface area (TPSA) is 0 Å². The Morgan fingerprint density at radius 3 is 0.442 bits per heavy atom. The summed E-state index contributed by atoms with van der Waals surface area (Å²) in [4.78, 5) is 0. The van der Waals surface area contributed by atoms with Gasteiger partial charge in [-0.05, 0) is 85.0 Å². The normalized spacial score (nSPS) is 8.58. The number of fused-ring (bicyclic) bond motifs is 5. The fourth-order valence-corrected chi connectivity index (χ4v) is 7.43. The summed E-state index contributed by atoms with van der Waals surface area (Å²) in [6.07, 6.45) is 4.49. The van der Waals surface area contributed by atoms with Crippen molar-refractivity contribution >= 4 is 32.3 Å². The molecule has 0 radical (unpaired) electrons. The summed E-state index contributed by atoms with van der Waals surface area (Å²) < 4.78 is 0. The molecule has 1 aliphatic carbocycles. The molecule has 0 saturated heterocycles. The SMILES string of the molecule is CC.CC.CC.CC.CC.CC.CC.CC.CC.CC.CCC.c1ccc(Cc2ccccc2)cc1.c1ccc2c(c1)Cc1ccccc1C2.c1ccc2ccccc2c1.c1ccc2ccccc2c1.c1ccc2ccccc2c1.c1ccccc1. The minimum absolute atomic E-state index is 1.03. The zero-order valence-corrected chi connectivity index (χ0v) is 58.5. The first-order valence-electron chi connectivity index (χ1n) is 33.2. The molecule has 0 N–H and O–H groups in total. The minimum Gasteiger partial charge on any atom is -0.0683 e. The zero-order chi connectivity index (χ0) is 65.7. The smallest absolute Gasteiger partial charge is 0.00201 e. The quantitative estimate of drug-likeness (QED) is 0.162. The summed E-state index contributed by atoms with van der Waals surface area (Å²) in [5.41, 5.74) is 8.71. The highest BCUT2D eigenvalue weighted by Gasteiger charge is 2.13. The van der Waals surface area contributed by atoms with Gasteiger partial charge in [0.15, 0.2) is 0 Å². The van der Waals surface area contributed by atoms with Gasteiger partial charge < -0.3 is 0 Å². The molecule has 12 rings (SSSR count). The molecule has 86 heavy (non-hydrogen) atoms. The lowest BCUT2D eigenvalue weighted by molar-refractivity contribution is 1.00. The molecule has 0 aliphatic heterocycles. The fourth-order valence-electron chi connectivity index (χ4n) is 7.43. The van der Waals surface area contributed by atoms with Crippen molar-refractivity contribution in [2.75, 3.05) is 0 Å². The molecular formula is C86H122. The van der Waals surface area contributed by atoms with Gasteiger partial charge in [-0.25, -0.2) is 0 Å². The Morgan fingerprint density at radius 1 is 0.174 bits per heavy atom. The van der Waals surface area contributed by atoms with E-state index in [1.165, 1.54) is 72.1 Å². The van der Waals surface area contributed by atoms with Gasteiger partial charge in [0.05, 0.1) is 0 Å². The van der Waals surface area contributed by atoms with Crippen LogP contribution in [0.25, 0.3) is 32.3 Å². The van der Waals surface area contributed by atoms with Crippen molar-refractivity contribution < 1.29 is 0 Å². The molecule has 466 valence electrons. The maximum Gasteiger partial charge on any atom is -0.00201 e. The third-order valence-electron chi connectivity index (χ3n) is 10.7. The standard InChI is InChI=1S/C14H12.C13H12.3C10H8.C6H6.C3H8.10C2H6/c1-2-6-12-10-14-8-4-3-7-13(14)9-11(12)5-1;1-3-7-12(8-4-1)11-13-9-5-2-6-10-13;3*1-2-6-10-8-4-3-7-9(10)5-1;1-2-4-6-5-3-1;1-3-2;10*1-2/h1-8H,9-10H2;1-10H,11H2;3*1-8H;1-6H;3H2,1-2H3;10*1-2H3. The van der Waals surface area contributed by atoms with E-state index in [1.807, 2.05) is 175 Å². The van der Waals surface area contributed by atoms with Crippen LogP contribution in [-0.4, -0.2) is 0 Å². The van der Waals surface area contributed by atoms with Gasteiger partial charge in [-0.15, -0.1) is 0 Å². The van der Waals surface area contributed by atoms with Crippen LogP contribution in [0.3, 0.4) is 0 Å². The predicted octanol–water partition coefficient (Wildman–Crippen LogP) is 28.3. The van der Waals surface area contributed by atoms with Gasteiger partial charge in [0, 0.05) is 0 Å². The number of benzene rings is 11. The molecule has 0 heteroatoms. The molecule has 11 aromatic rings. The molecule has 11 aromatic carbocycles. The van der Waals surface area contributed by atoms with Crippen LogP contribution < -0.4 is 0 Å². The summed E-state index contributed by atoms with van der Waals surface area (Å²) in [5, 5.41) is 7.86. The molecule has 0 bridgehead atoms. The maximum atomic E-state index is 2.24. The molecule has 1 aliphatic rings. The maximum absolute atomic E-state index is 2.24. The van der Waals surface area contributed by atoms with Crippen molar-refractivity contribution in [2.45, 2.75) is 178 Å². The van der Waals surface area contributed by atoms with Crippen LogP contribution in [0.2, 0.25) is 0 Å². The average Bonchev–Trinajstić information content (AvgIpc) is 3.54. The molecule has 0 nitrogen and oxygen atoms in total. The van der Waals surface area contributed by atoms with E-state index >= 15 is 0 Å². The summed E-state index contributed by atoms with van der Waals surface area (Å²) in [7, 11) is 0. The van der Waals surface area contributed by atoms with E-state index in [1.54, 1.807) is 0 Å². The Labute approximate surface area is 531 Å². The van der Waals surface area contributed by atoms with E-state index in [-0.39, 0.29) is 0 Å². The second kappa shape index (κ2) is 69.7. The molecule has 0 heterocycles. The van der Waals surface area contributed by atoms with E-state index in [0.29, 0.717) is 0 Å². The molecule has 0 fully saturated rings. The van der Waals surface area contributed by atoms with Crippen LogP contribution in [-0.2, 0) is 19.3 Å². The van der Waals surface area contributed by atoms with Gasteiger partial charge in [-0.2, -0.15) is 0 Å². The Hall–Kier alpha value is -7.80. The van der Waals surface area contributed by atoms with Crippen LogP contribution in [0.5, 0.6) is 0 Å². The highest BCUT2D eigenvalue weighted by atomic mass is 14.2. The minimum atomic E-state index is 1.03. The van der Waals surface area contributed by atoms with Crippen molar-refractivity contribution in [2.24, 2.45) is 0 Å². The Kier molecular flexibility index (Phi) is 70.5. The molecule has 0 amide bonds. The van der Waals surface area contributed by atoms with Gasteiger partial charge in [-0.1, -0.05) is 450 Å². The Morgan fingerprint density at radius 2 is 0.291 bits per heavy atom. The second-order valence-corrected chi connectivity index (χ2v) is 15.9. The van der Waals surface area contributed by atoms with Crippen molar-refractivity contribution in [1.29, 1.82) is 0 Å². The molecule has 0 unspecified atom stereocenters. The highest BCUT2D eigenvalue weighted by Crippen LogP contribution is 2.26. The van der Waals surface area contributed by atoms with Crippen molar-refractivity contribution in [1.82, 2.24) is 0 Å². The first-order chi connectivity index (χ1) is 42.7. The highest BCUT2D eigenvalue weighted by molar-refractivity contribution is 5.83. The van der Waals surface area contributed by atoms with Gasteiger partial charge in [0.25, 0.3) is 0 Å². The van der Waals surface area contributed by atoms with Crippen LogP contribution in [0.4, 0.5) is 0 Å². The summed E-state index contributed by atoms with van der Waals surface area (Å²) in [5.74, 6) is 0. The zero-order valence-electron chi connectivity index (χ0n) is 58.5. The van der Waals surface area contributed by atoms with Gasteiger partial charge in [0.1, 0.15) is 0 Å². The molecule has 0 spiro atoms. The lowest BCUT2D eigenvalue weighted by Gasteiger charge is -2.18. The molecule has 0 atom stereocenters. The van der Waals surface area contributed by atoms with E-state index in [4.69, 9.17) is 0 Å². The Balaban J connectivity index is -0.000000288. The van der Waals surface area contributed by atoms with Gasteiger partial charge in [-0.3, -0.25) is 0 Å². The first-order valence-corrected chi connectivity index (χ1v) is 33.2. The van der Waals surface area contributed by atoms with Crippen molar-refractivity contribution in [3.8, 4) is 0 Å². The lowest BCUT2D eigenvalue weighted by Crippen LogP contribution is -2.06. The third-order valence-corrected chi connectivity index (χ3v) is 10.7.